The molecule has 22 heavy (non-hydrogen) atoms. The van der Waals surface area contributed by atoms with Crippen LogP contribution in [0.3, 0.4) is 0 Å². The highest BCUT2D eigenvalue weighted by Crippen LogP contribution is 2.30. The monoisotopic (exact) mass is 300 g/mol. The number of anilines is 1. The molecule has 1 aliphatic rings. The first-order valence-corrected chi connectivity index (χ1v) is 7.08. The quantitative estimate of drug-likeness (QED) is 0.643. The van der Waals surface area contributed by atoms with Crippen molar-refractivity contribution in [3.05, 3.63) is 51.8 Å². The predicted octanol–water partition coefficient (Wildman–Crippen LogP) is 2.25. The number of nitro groups is 1. The second-order valence-corrected chi connectivity index (χ2v) is 5.38. The lowest BCUT2D eigenvalue weighted by molar-refractivity contribution is -0.385. The van der Waals surface area contributed by atoms with Gasteiger partial charge in [0.25, 0.3) is 5.91 Å². The molecule has 0 saturated heterocycles. The molecule has 1 aliphatic heterocycles. The van der Waals surface area contributed by atoms with E-state index in [2.05, 4.69) is 5.10 Å². The van der Waals surface area contributed by atoms with E-state index >= 15 is 0 Å². The second-order valence-electron chi connectivity index (χ2n) is 5.38. The van der Waals surface area contributed by atoms with E-state index in [4.69, 9.17) is 0 Å². The number of nitrogens with zero attached hydrogens (tertiary/aromatic N) is 4. The average molecular weight is 300 g/mol. The summed E-state index contributed by atoms with van der Waals surface area (Å²) in [5, 5.41) is 15.0. The molecule has 7 heteroatoms. The van der Waals surface area contributed by atoms with E-state index < -0.39 is 11.0 Å². The van der Waals surface area contributed by atoms with Gasteiger partial charge in [-0.05, 0) is 31.9 Å². The van der Waals surface area contributed by atoms with Crippen LogP contribution in [0.25, 0.3) is 0 Å². The van der Waals surface area contributed by atoms with E-state index in [1.54, 1.807) is 18.7 Å². The van der Waals surface area contributed by atoms with Crippen molar-refractivity contribution >= 4 is 17.3 Å². The number of aromatic nitrogens is 2. The van der Waals surface area contributed by atoms with Gasteiger partial charge in [-0.25, -0.2) is 0 Å². The van der Waals surface area contributed by atoms with Gasteiger partial charge in [0.1, 0.15) is 17.9 Å². The Kier molecular flexibility index (Phi) is 3.40. The summed E-state index contributed by atoms with van der Waals surface area (Å²) in [6.45, 7) is 3.90. The molecule has 0 unspecified atom stereocenters. The fourth-order valence-corrected chi connectivity index (χ4v) is 2.76. The van der Waals surface area contributed by atoms with E-state index in [1.165, 1.54) is 10.9 Å². The molecule has 0 bridgehead atoms. The highest BCUT2D eigenvalue weighted by atomic mass is 16.6. The summed E-state index contributed by atoms with van der Waals surface area (Å²) in [5.74, 6) is -0.109. The summed E-state index contributed by atoms with van der Waals surface area (Å²) in [6.07, 6.45) is 2.15. The van der Waals surface area contributed by atoms with Crippen molar-refractivity contribution in [2.45, 2.75) is 26.3 Å². The molecular formula is C15H16N4O3. The predicted molar refractivity (Wildman–Crippen MR) is 80.8 cm³/mol. The van der Waals surface area contributed by atoms with Gasteiger partial charge >= 0.3 is 5.69 Å². The lowest BCUT2D eigenvalue weighted by Gasteiger charge is -2.21. The van der Waals surface area contributed by atoms with Gasteiger partial charge < -0.3 is 4.90 Å². The largest absolute Gasteiger partial charge is 0.310 e. The van der Waals surface area contributed by atoms with Crippen LogP contribution in [0.5, 0.6) is 0 Å². The maximum Gasteiger partial charge on any atom is 0.309 e. The SMILES string of the molecule is Cc1nn([C@H](C)C(=O)N2CCc3ccccc32)cc1[N+](=O)[O-]. The topological polar surface area (TPSA) is 81.3 Å². The maximum absolute atomic E-state index is 12.7. The first-order chi connectivity index (χ1) is 10.5. The molecule has 0 saturated carbocycles. The number of carbonyl (C=O) groups excluding carboxylic acids is 1. The lowest BCUT2D eigenvalue weighted by atomic mass is 10.2. The summed E-state index contributed by atoms with van der Waals surface area (Å²) in [6, 6.07) is 7.20. The van der Waals surface area contributed by atoms with Crippen molar-refractivity contribution in [1.82, 2.24) is 9.78 Å². The number of para-hydroxylation sites is 1. The lowest BCUT2D eigenvalue weighted by Crippen LogP contribution is -2.35. The van der Waals surface area contributed by atoms with Crippen LogP contribution in [-0.4, -0.2) is 27.2 Å². The smallest absolute Gasteiger partial charge is 0.309 e. The van der Waals surface area contributed by atoms with Crippen molar-refractivity contribution in [2.24, 2.45) is 0 Å². The van der Waals surface area contributed by atoms with Crippen LogP contribution in [0.2, 0.25) is 0 Å². The fraction of sp³-hybridized carbons (Fsp3) is 0.333. The number of benzene rings is 1. The van der Waals surface area contributed by atoms with Crippen LogP contribution in [0.15, 0.2) is 30.5 Å². The molecule has 1 aromatic heterocycles. The number of rotatable bonds is 3. The molecule has 1 aromatic carbocycles. The minimum atomic E-state index is -0.585. The molecule has 0 N–H and O–H groups in total. The first kappa shape index (κ1) is 14.2. The molecule has 114 valence electrons. The van der Waals surface area contributed by atoms with Crippen LogP contribution in [0, 0.1) is 17.0 Å². The Morgan fingerprint density at radius 3 is 2.82 bits per heavy atom. The molecule has 1 atom stereocenters. The fourth-order valence-electron chi connectivity index (χ4n) is 2.76. The van der Waals surface area contributed by atoms with E-state index in [1.807, 2.05) is 24.3 Å². The maximum atomic E-state index is 12.7. The molecule has 0 aliphatic carbocycles. The van der Waals surface area contributed by atoms with Crippen LogP contribution in [0.4, 0.5) is 11.4 Å². The van der Waals surface area contributed by atoms with E-state index in [9.17, 15) is 14.9 Å². The zero-order valence-electron chi connectivity index (χ0n) is 12.4. The van der Waals surface area contributed by atoms with Gasteiger partial charge in [0.15, 0.2) is 0 Å². The molecular weight excluding hydrogens is 284 g/mol. The van der Waals surface area contributed by atoms with Crippen LogP contribution >= 0.6 is 0 Å². The number of aryl methyl sites for hydroxylation is 1. The number of amides is 1. The molecule has 1 amide bonds. The molecule has 2 heterocycles. The highest BCUT2D eigenvalue weighted by molar-refractivity contribution is 5.97. The number of hydrogen-bond acceptors (Lipinski definition) is 4. The van der Waals surface area contributed by atoms with E-state index in [0.717, 1.165) is 17.7 Å². The van der Waals surface area contributed by atoms with E-state index in [-0.39, 0.29) is 11.6 Å². The van der Waals surface area contributed by atoms with Crippen LogP contribution in [0.1, 0.15) is 24.2 Å². The van der Waals surface area contributed by atoms with E-state index in [0.29, 0.717) is 12.2 Å². The van der Waals surface area contributed by atoms with Gasteiger partial charge in [0.2, 0.25) is 0 Å². The average Bonchev–Trinajstić information content (AvgIpc) is 3.09. The second kappa shape index (κ2) is 5.25. The zero-order valence-corrected chi connectivity index (χ0v) is 12.4. The summed E-state index contributed by atoms with van der Waals surface area (Å²) in [5.41, 5.74) is 2.30. The van der Waals surface area contributed by atoms with Crippen molar-refractivity contribution in [1.29, 1.82) is 0 Å². The van der Waals surface area contributed by atoms with Crippen molar-refractivity contribution < 1.29 is 9.72 Å². The first-order valence-electron chi connectivity index (χ1n) is 7.08. The normalized spacial score (nSPS) is 14.7. The third-order valence-electron chi connectivity index (χ3n) is 3.99. The van der Waals surface area contributed by atoms with Crippen molar-refractivity contribution in [3.63, 3.8) is 0 Å². The van der Waals surface area contributed by atoms with Crippen molar-refractivity contribution in [3.8, 4) is 0 Å². The molecule has 0 spiro atoms. The molecule has 7 nitrogen and oxygen atoms in total. The van der Waals surface area contributed by atoms with Crippen LogP contribution in [-0.2, 0) is 11.2 Å². The zero-order chi connectivity index (χ0) is 15.9. The Bertz CT molecular complexity index is 753. The highest BCUT2D eigenvalue weighted by Gasteiger charge is 2.30. The van der Waals surface area contributed by atoms with Gasteiger partial charge in [0, 0.05) is 12.2 Å². The molecule has 3 rings (SSSR count). The Morgan fingerprint density at radius 1 is 1.41 bits per heavy atom. The summed E-state index contributed by atoms with van der Waals surface area (Å²) < 4.78 is 1.37. The molecule has 2 aromatic rings. The van der Waals surface area contributed by atoms with Gasteiger partial charge in [-0.2, -0.15) is 5.10 Å². The minimum Gasteiger partial charge on any atom is -0.310 e. The minimum absolute atomic E-state index is 0.0681. The Morgan fingerprint density at radius 2 is 2.14 bits per heavy atom. The summed E-state index contributed by atoms with van der Waals surface area (Å²) in [7, 11) is 0. The van der Waals surface area contributed by atoms with Gasteiger partial charge in [0.05, 0.1) is 4.92 Å². The van der Waals surface area contributed by atoms with Gasteiger partial charge in [-0.1, -0.05) is 18.2 Å². The number of carbonyl (C=O) groups is 1. The third-order valence-corrected chi connectivity index (χ3v) is 3.99. The summed E-state index contributed by atoms with van der Waals surface area (Å²) in [4.78, 5) is 24.8. The third kappa shape index (κ3) is 2.24. The Balaban J connectivity index is 1.87. The Labute approximate surface area is 127 Å². The standard InChI is InChI=1S/C15H16N4O3/c1-10-14(19(21)22)9-18(16-10)11(2)15(20)17-8-7-12-5-3-4-6-13(12)17/h3-6,9,11H,7-8H2,1-2H3/t11-/m1/s1. The van der Waals surface area contributed by atoms with Crippen molar-refractivity contribution in [2.75, 3.05) is 11.4 Å². The number of fused-ring (bicyclic) bond motifs is 1. The van der Waals surface area contributed by atoms with Gasteiger partial charge in [-0.3, -0.25) is 19.6 Å². The Hall–Kier alpha value is -2.70. The van der Waals surface area contributed by atoms with Crippen LogP contribution < -0.4 is 4.90 Å². The molecule has 0 radical (unpaired) electrons. The summed E-state index contributed by atoms with van der Waals surface area (Å²) >= 11 is 0. The number of hydrogen-bond donors (Lipinski definition) is 0. The van der Waals surface area contributed by atoms with Gasteiger partial charge in [-0.15, -0.1) is 0 Å². The molecule has 0 fully saturated rings.